The van der Waals surface area contributed by atoms with Crippen molar-refractivity contribution in [1.82, 2.24) is 4.90 Å². The Bertz CT molecular complexity index is 626. The lowest BCUT2D eigenvalue weighted by Crippen LogP contribution is -2.49. The highest BCUT2D eigenvalue weighted by atomic mass is 16.5. The van der Waals surface area contributed by atoms with E-state index in [-0.39, 0.29) is 5.92 Å². The molecule has 1 aliphatic carbocycles. The SMILES string of the molecule is CCO[C@@]1(C(=O)O)CN([C@H]2CC[C@H](OC)CC2)C[C@H]1c1ccc(OC)cc1. The Morgan fingerprint density at radius 2 is 1.85 bits per heavy atom. The fraction of sp³-hybridized carbons (Fsp3) is 0.667. The first-order chi connectivity index (χ1) is 13.0. The molecule has 0 aromatic heterocycles. The van der Waals surface area contributed by atoms with Crippen molar-refractivity contribution >= 4 is 5.97 Å². The van der Waals surface area contributed by atoms with Crippen LogP contribution in [0.25, 0.3) is 0 Å². The fourth-order valence-electron chi connectivity index (χ4n) is 4.68. The molecule has 6 heteroatoms. The largest absolute Gasteiger partial charge is 0.497 e. The number of hydrogen-bond donors (Lipinski definition) is 1. The Balaban J connectivity index is 1.85. The number of hydrogen-bond acceptors (Lipinski definition) is 5. The van der Waals surface area contributed by atoms with E-state index in [1.54, 1.807) is 14.2 Å². The standard InChI is InChI=1S/C21H31NO5/c1-4-27-21(20(23)24)14-22(16-7-11-18(26-3)12-8-16)13-19(21)15-5-9-17(25-2)10-6-15/h5-6,9-10,16,18-19H,4,7-8,11-14H2,1-3H3,(H,23,24)/t16-,18-,19-,21-/m0/s1. The van der Waals surface area contributed by atoms with Crippen LogP contribution >= 0.6 is 0 Å². The highest BCUT2D eigenvalue weighted by Crippen LogP contribution is 2.42. The third-order valence-corrected chi connectivity index (χ3v) is 6.19. The van der Waals surface area contributed by atoms with Gasteiger partial charge in [-0.1, -0.05) is 12.1 Å². The summed E-state index contributed by atoms with van der Waals surface area (Å²) < 4.78 is 16.7. The molecule has 1 aliphatic heterocycles. The summed E-state index contributed by atoms with van der Waals surface area (Å²) in [5.41, 5.74) is -0.221. The van der Waals surface area contributed by atoms with E-state index in [4.69, 9.17) is 14.2 Å². The van der Waals surface area contributed by atoms with Crippen LogP contribution in [0, 0.1) is 0 Å². The molecule has 2 atom stereocenters. The Morgan fingerprint density at radius 3 is 2.37 bits per heavy atom. The van der Waals surface area contributed by atoms with Gasteiger partial charge in [-0.2, -0.15) is 0 Å². The van der Waals surface area contributed by atoms with Crippen molar-refractivity contribution in [3.05, 3.63) is 29.8 Å². The van der Waals surface area contributed by atoms with E-state index in [0.29, 0.717) is 31.8 Å². The lowest BCUT2D eigenvalue weighted by Gasteiger charge is -2.35. The lowest BCUT2D eigenvalue weighted by molar-refractivity contribution is -0.166. The Hall–Kier alpha value is -1.63. The zero-order chi connectivity index (χ0) is 19.4. The number of carboxylic acids is 1. The van der Waals surface area contributed by atoms with Crippen LogP contribution in [0.3, 0.4) is 0 Å². The number of ether oxygens (including phenoxy) is 3. The Kier molecular flexibility index (Phi) is 6.40. The second kappa shape index (κ2) is 8.59. The molecule has 1 aromatic rings. The van der Waals surface area contributed by atoms with E-state index in [0.717, 1.165) is 37.0 Å². The third-order valence-electron chi connectivity index (χ3n) is 6.19. The average molecular weight is 377 g/mol. The molecule has 27 heavy (non-hydrogen) atoms. The quantitative estimate of drug-likeness (QED) is 0.788. The van der Waals surface area contributed by atoms with Crippen LogP contribution in [0.5, 0.6) is 5.75 Å². The number of methoxy groups -OCH3 is 2. The summed E-state index contributed by atoms with van der Waals surface area (Å²) in [5.74, 6) is -0.317. The van der Waals surface area contributed by atoms with Crippen molar-refractivity contribution in [1.29, 1.82) is 0 Å². The van der Waals surface area contributed by atoms with Gasteiger partial charge >= 0.3 is 5.97 Å². The van der Waals surface area contributed by atoms with Crippen LogP contribution in [-0.2, 0) is 14.3 Å². The van der Waals surface area contributed by atoms with Gasteiger partial charge in [-0.05, 0) is 50.3 Å². The second-order valence-corrected chi connectivity index (χ2v) is 7.55. The molecule has 0 spiro atoms. The number of nitrogens with zero attached hydrogens (tertiary/aromatic N) is 1. The molecule has 1 saturated heterocycles. The van der Waals surface area contributed by atoms with Gasteiger partial charge in [0.15, 0.2) is 5.60 Å². The van der Waals surface area contributed by atoms with Crippen LogP contribution in [0.1, 0.15) is 44.1 Å². The number of carbonyl (C=O) groups is 1. The van der Waals surface area contributed by atoms with Crippen molar-refractivity contribution in [2.75, 3.05) is 33.9 Å². The van der Waals surface area contributed by atoms with Crippen molar-refractivity contribution in [3.63, 3.8) is 0 Å². The second-order valence-electron chi connectivity index (χ2n) is 7.55. The van der Waals surface area contributed by atoms with E-state index < -0.39 is 11.6 Å². The number of benzene rings is 1. The highest BCUT2D eigenvalue weighted by Gasteiger charge is 2.55. The molecule has 1 N–H and O–H groups in total. The van der Waals surface area contributed by atoms with Gasteiger partial charge in [-0.3, -0.25) is 4.90 Å². The van der Waals surface area contributed by atoms with Crippen LogP contribution in [-0.4, -0.2) is 67.6 Å². The molecule has 6 nitrogen and oxygen atoms in total. The molecule has 3 rings (SSSR count). The molecule has 1 heterocycles. The van der Waals surface area contributed by atoms with E-state index in [2.05, 4.69) is 4.90 Å². The molecular formula is C21H31NO5. The third kappa shape index (κ3) is 3.98. The van der Waals surface area contributed by atoms with Crippen LogP contribution < -0.4 is 4.74 Å². The lowest BCUT2D eigenvalue weighted by atomic mass is 9.84. The Labute approximate surface area is 161 Å². The van der Waals surface area contributed by atoms with Crippen molar-refractivity contribution in [3.8, 4) is 5.75 Å². The molecule has 2 fully saturated rings. The summed E-state index contributed by atoms with van der Waals surface area (Å²) in [4.78, 5) is 14.7. The van der Waals surface area contributed by atoms with Gasteiger partial charge in [0.25, 0.3) is 0 Å². The summed E-state index contributed by atoms with van der Waals surface area (Å²) in [6.07, 6.45) is 4.46. The molecule has 0 radical (unpaired) electrons. The fourth-order valence-corrected chi connectivity index (χ4v) is 4.68. The van der Waals surface area contributed by atoms with Crippen LogP contribution in [0.4, 0.5) is 0 Å². The molecule has 150 valence electrons. The summed E-state index contributed by atoms with van der Waals surface area (Å²) in [6, 6.07) is 8.09. The maximum atomic E-state index is 12.4. The predicted octanol–water partition coefficient (Wildman–Crippen LogP) is 2.91. The summed E-state index contributed by atoms with van der Waals surface area (Å²) in [5, 5.41) is 10.1. The van der Waals surface area contributed by atoms with E-state index in [9.17, 15) is 9.90 Å². The van der Waals surface area contributed by atoms with Gasteiger partial charge in [-0.15, -0.1) is 0 Å². The highest BCUT2D eigenvalue weighted by molar-refractivity contribution is 5.80. The summed E-state index contributed by atoms with van der Waals surface area (Å²) in [7, 11) is 3.40. The van der Waals surface area contributed by atoms with E-state index >= 15 is 0 Å². The zero-order valence-corrected chi connectivity index (χ0v) is 16.5. The first-order valence-corrected chi connectivity index (χ1v) is 9.82. The van der Waals surface area contributed by atoms with Gasteiger partial charge in [0.1, 0.15) is 5.75 Å². The van der Waals surface area contributed by atoms with Crippen LogP contribution in [0.15, 0.2) is 24.3 Å². The van der Waals surface area contributed by atoms with Crippen LogP contribution in [0.2, 0.25) is 0 Å². The van der Waals surface area contributed by atoms with Crippen molar-refractivity contribution < 1.29 is 24.1 Å². The van der Waals surface area contributed by atoms with Gasteiger partial charge in [0, 0.05) is 38.8 Å². The zero-order valence-electron chi connectivity index (χ0n) is 16.5. The maximum Gasteiger partial charge on any atom is 0.338 e. The van der Waals surface area contributed by atoms with Crippen molar-refractivity contribution in [2.45, 2.75) is 56.3 Å². The number of aliphatic carboxylic acids is 1. The molecule has 0 amide bonds. The van der Waals surface area contributed by atoms with Gasteiger partial charge in [-0.25, -0.2) is 4.79 Å². The van der Waals surface area contributed by atoms with E-state index in [1.807, 2.05) is 31.2 Å². The maximum absolute atomic E-state index is 12.4. The van der Waals surface area contributed by atoms with Gasteiger partial charge in [0.2, 0.25) is 0 Å². The van der Waals surface area contributed by atoms with E-state index in [1.165, 1.54) is 0 Å². The molecular weight excluding hydrogens is 346 g/mol. The minimum absolute atomic E-state index is 0.207. The summed E-state index contributed by atoms with van der Waals surface area (Å²) in [6.45, 7) is 3.36. The average Bonchev–Trinajstić information content (AvgIpc) is 3.09. The number of likely N-dealkylation sites (tertiary alicyclic amines) is 1. The van der Waals surface area contributed by atoms with Gasteiger partial charge in [0.05, 0.1) is 13.2 Å². The molecule has 1 saturated carbocycles. The normalized spacial score (nSPS) is 31.7. The smallest absolute Gasteiger partial charge is 0.338 e. The molecule has 1 aromatic carbocycles. The van der Waals surface area contributed by atoms with Crippen molar-refractivity contribution in [2.24, 2.45) is 0 Å². The minimum atomic E-state index is -1.21. The molecule has 2 aliphatic rings. The number of rotatable bonds is 7. The number of carboxylic acid groups (broad SMARTS) is 1. The monoisotopic (exact) mass is 377 g/mol. The molecule has 0 bridgehead atoms. The minimum Gasteiger partial charge on any atom is -0.497 e. The molecule has 0 unspecified atom stereocenters. The Morgan fingerprint density at radius 1 is 1.19 bits per heavy atom. The summed E-state index contributed by atoms with van der Waals surface area (Å²) >= 11 is 0. The predicted molar refractivity (Wildman–Crippen MR) is 102 cm³/mol. The van der Waals surface area contributed by atoms with Gasteiger partial charge < -0.3 is 19.3 Å². The topological polar surface area (TPSA) is 68.2 Å². The first-order valence-electron chi connectivity index (χ1n) is 9.82. The first kappa shape index (κ1) is 20.1.